The summed E-state index contributed by atoms with van der Waals surface area (Å²) in [5.41, 5.74) is 1.12. The van der Waals surface area contributed by atoms with Gasteiger partial charge < -0.3 is 19.0 Å². The Hall–Kier alpha value is -5.12. The van der Waals surface area contributed by atoms with Gasteiger partial charge in [-0.1, -0.05) is 12.1 Å². The normalized spacial score (nSPS) is 17.0. The number of halogens is 3. The lowest BCUT2D eigenvalue weighted by Crippen LogP contribution is -2.21. The van der Waals surface area contributed by atoms with E-state index in [0.717, 1.165) is 18.2 Å². The van der Waals surface area contributed by atoms with Crippen LogP contribution in [0.4, 0.5) is 13.2 Å². The van der Waals surface area contributed by atoms with Crippen LogP contribution < -0.4 is 9.47 Å². The molecule has 0 radical (unpaired) electrons. The number of furan rings is 1. The Morgan fingerprint density at radius 3 is 2.33 bits per heavy atom. The van der Waals surface area contributed by atoms with Crippen molar-refractivity contribution in [3.05, 3.63) is 112 Å². The predicted molar refractivity (Wildman–Crippen MR) is 129 cm³/mol. The molecule has 0 amide bonds. The van der Waals surface area contributed by atoms with Gasteiger partial charge in [-0.2, -0.15) is 0 Å². The molecular weight excluding hydrogens is 517 g/mol. The zero-order valence-electron chi connectivity index (χ0n) is 19.7. The molecule has 0 aliphatic carbocycles. The lowest BCUT2D eigenvalue weighted by atomic mass is 9.88. The molecule has 0 bridgehead atoms. The maximum atomic E-state index is 13.7. The van der Waals surface area contributed by atoms with Gasteiger partial charge >= 0.3 is 11.9 Å². The van der Waals surface area contributed by atoms with Crippen LogP contribution in [0.1, 0.15) is 49.9 Å². The van der Waals surface area contributed by atoms with E-state index in [9.17, 15) is 27.6 Å². The van der Waals surface area contributed by atoms with Crippen LogP contribution in [0.3, 0.4) is 0 Å². The summed E-state index contributed by atoms with van der Waals surface area (Å²) >= 11 is 0. The van der Waals surface area contributed by atoms with E-state index < -0.39 is 41.1 Å². The van der Waals surface area contributed by atoms with E-state index in [-0.39, 0.29) is 40.4 Å². The number of carbonyl (C=O) groups is 3. The van der Waals surface area contributed by atoms with E-state index in [1.165, 1.54) is 24.3 Å². The van der Waals surface area contributed by atoms with Crippen LogP contribution in [0.25, 0.3) is 17.4 Å². The Bertz CT molecular complexity index is 1710. The number of ketones is 1. The van der Waals surface area contributed by atoms with Gasteiger partial charge in [-0.05, 0) is 60.2 Å². The van der Waals surface area contributed by atoms with E-state index in [4.69, 9.17) is 19.0 Å². The molecule has 1 atom stereocenters. The van der Waals surface area contributed by atoms with E-state index in [1.807, 2.05) is 0 Å². The average molecular weight is 532 g/mol. The van der Waals surface area contributed by atoms with Crippen LogP contribution in [-0.2, 0) is 4.79 Å². The Labute approximate surface area is 217 Å². The standard InChI is InChI=1S/C29H15F3O7/c30-18-9-13(10-19(31)26(18)32)11-23-27(34)16-5-6-22-25(28(16)39-23)17(12-24(33)38-22)21-8-7-20(37-21)14-1-3-15(4-2-14)29(35)36/h1-11,17H,12H2,(H,35,36)/b23-11-/t17-/m0/s1. The summed E-state index contributed by atoms with van der Waals surface area (Å²) in [5.74, 6) is -6.53. The van der Waals surface area contributed by atoms with Crippen molar-refractivity contribution >= 4 is 23.8 Å². The minimum atomic E-state index is -1.63. The number of fused-ring (bicyclic) bond motifs is 3. The molecule has 0 fully saturated rings. The molecule has 6 rings (SSSR count). The SMILES string of the molecule is O=C1C[C@@H](c2ccc(-c3ccc(C(=O)O)cc3)o2)c2c(ccc3c2O/C(=C\c2cc(F)c(F)c(F)c2)C3=O)O1. The number of carbonyl (C=O) groups excluding carboxylic acids is 2. The monoisotopic (exact) mass is 532 g/mol. The average Bonchev–Trinajstić information content (AvgIpc) is 3.52. The molecule has 0 saturated heterocycles. The Morgan fingerprint density at radius 1 is 0.923 bits per heavy atom. The number of carboxylic acid groups (broad SMARTS) is 1. The third kappa shape index (κ3) is 4.15. The fourth-order valence-electron chi connectivity index (χ4n) is 4.63. The van der Waals surface area contributed by atoms with Crippen molar-refractivity contribution in [2.45, 2.75) is 12.3 Å². The van der Waals surface area contributed by atoms with Gasteiger partial charge in [-0.25, -0.2) is 18.0 Å². The molecule has 2 aliphatic rings. The maximum absolute atomic E-state index is 13.7. The number of hydrogen-bond acceptors (Lipinski definition) is 6. The molecule has 7 nitrogen and oxygen atoms in total. The highest BCUT2D eigenvalue weighted by atomic mass is 19.2. The van der Waals surface area contributed by atoms with Gasteiger partial charge in [0.25, 0.3) is 0 Å². The Balaban J connectivity index is 1.38. The lowest BCUT2D eigenvalue weighted by Gasteiger charge is -2.24. The summed E-state index contributed by atoms with van der Waals surface area (Å²) in [4.78, 5) is 36.6. The predicted octanol–water partition coefficient (Wildman–Crippen LogP) is 6.12. The Morgan fingerprint density at radius 2 is 1.64 bits per heavy atom. The van der Waals surface area contributed by atoms with E-state index in [2.05, 4.69) is 0 Å². The van der Waals surface area contributed by atoms with Gasteiger partial charge in [0.15, 0.2) is 23.2 Å². The topological polar surface area (TPSA) is 103 Å². The zero-order valence-corrected chi connectivity index (χ0v) is 19.7. The molecular formula is C29H15F3O7. The summed E-state index contributed by atoms with van der Waals surface area (Å²) in [7, 11) is 0. The molecule has 10 heteroatoms. The van der Waals surface area contributed by atoms with Crippen molar-refractivity contribution in [1.82, 2.24) is 0 Å². The molecule has 39 heavy (non-hydrogen) atoms. The highest BCUT2D eigenvalue weighted by molar-refractivity contribution is 6.15. The third-order valence-corrected chi connectivity index (χ3v) is 6.47. The number of esters is 1. The third-order valence-electron chi connectivity index (χ3n) is 6.47. The molecule has 2 aliphatic heterocycles. The summed E-state index contributed by atoms with van der Waals surface area (Å²) < 4.78 is 58.0. The number of benzene rings is 3. The van der Waals surface area contributed by atoms with Crippen molar-refractivity contribution in [1.29, 1.82) is 0 Å². The van der Waals surface area contributed by atoms with E-state index >= 15 is 0 Å². The molecule has 3 aromatic carbocycles. The fraction of sp³-hybridized carbons (Fsp3) is 0.0690. The second-order valence-electron chi connectivity index (χ2n) is 8.91. The second kappa shape index (κ2) is 9.02. The summed E-state index contributed by atoms with van der Waals surface area (Å²) in [5, 5.41) is 9.12. The smallest absolute Gasteiger partial charge is 0.335 e. The van der Waals surface area contributed by atoms with Gasteiger partial charge in [0.2, 0.25) is 5.78 Å². The van der Waals surface area contributed by atoms with Crippen LogP contribution in [0.5, 0.6) is 11.5 Å². The summed E-state index contributed by atoms with van der Waals surface area (Å²) in [6.45, 7) is 0. The zero-order chi connectivity index (χ0) is 27.4. The first kappa shape index (κ1) is 24.2. The second-order valence-corrected chi connectivity index (χ2v) is 8.91. The van der Waals surface area contributed by atoms with Crippen molar-refractivity contribution in [3.63, 3.8) is 0 Å². The molecule has 3 heterocycles. The largest absolute Gasteiger partial charge is 0.478 e. The van der Waals surface area contributed by atoms with Gasteiger partial charge in [0, 0.05) is 11.1 Å². The van der Waals surface area contributed by atoms with Crippen LogP contribution in [0.2, 0.25) is 0 Å². The summed E-state index contributed by atoms with van der Waals surface area (Å²) in [6.07, 6.45) is 0.968. The van der Waals surface area contributed by atoms with Gasteiger partial charge in [-0.15, -0.1) is 0 Å². The molecule has 0 unspecified atom stereocenters. The quantitative estimate of drug-likeness (QED) is 0.146. The lowest BCUT2D eigenvalue weighted by molar-refractivity contribution is -0.135. The van der Waals surface area contributed by atoms with Crippen molar-refractivity contribution < 1.29 is 46.6 Å². The first-order valence-corrected chi connectivity index (χ1v) is 11.6. The Kier molecular flexibility index (Phi) is 5.60. The first-order chi connectivity index (χ1) is 18.7. The minimum Gasteiger partial charge on any atom is -0.478 e. The van der Waals surface area contributed by atoms with Crippen LogP contribution >= 0.6 is 0 Å². The van der Waals surface area contributed by atoms with Crippen molar-refractivity contribution in [2.75, 3.05) is 0 Å². The maximum Gasteiger partial charge on any atom is 0.335 e. The number of hydrogen-bond donors (Lipinski definition) is 1. The summed E-state index contributed by atoms with van der Waals surface area (Å²) in [6, 6.07) is 13.7. The molecule has 0 saturated carbocycles. The number of rotatable bonds is 4. The fourth-order valence-corrected chi connectivity index (χ4v) is 4.63. The number of Topliss-reactive ketones (excluding diaryl/α,β-unsaturated/α-hetero) is 1. The number of ether oxygens (including phenoxy) is 2. The van der Waals surface area contributed by atoms with E-state index in [1.54, 1.807) is 24.3 Å². The molecule has 1 aromatic heterocycles. The first-order valence-electron chi connectivity index (χ1n) is 11.6. The van der Waals surface area contributed by atoms with Gasteiger partial charge in [0.05, 0.1) is 23.5 Å². The molecule has 0 spiro atoms. The van der Waals surface area contributed by atoms with E-state index in [0.29, 0.717) is 22.6 Å². The molecule has 1 N–H and O–H groups in total. The van der Waals surface area contributed by atoms with Crippen LogP contribution in [0.15, 0.2) is 70.8 Å². The van der Waals surface area contributed by atoms with Gasteiger partial charge in [-0.3, -0.25) is 9.59 Å². The number of aromatic carboxylic acids is 1. The van der Waals surface area contributed by atoms with Gasteiger partial charge in [0.1, 0.15) is 23.0 Å². The minimum absolute atomic E-state index is 0.105. The number of carboxylic acids is 1. The molecule has 4 aromatic rings. The number of allylic oxidation sites excluding steroid dienone is 1. The van der Waals surface area contributed by atoms with Crippen LogP contribution in [0, 0.1) is 17.5 Å². The molecule has 194 valence electrons. The van der Waals surface area contributed by atoms with Crippen molar-refractivity contribution in [2.24, 2.45) is 0 Å². The van der Waals surface area contributed by atoms with Crippen LogP contribution in [-0.4, -0.2) is 22.8 Å². The highest BCUT2D eigenvalue weighted by Crippen LogP contribution is 2.49. The highest BCUT2D eigenvalue weighted by Gasteiger charge is 2.39. The van der Waals surface area contributed by atoms with Crippen molar-refractivity contribution in [3.8, 4) is 22.8 Å².